The molecule has 144 valence electrons. The van der Waals surface area contributed by atoms with Gasteiger partial charge in [-0.2, -0.15) is 5.26 Å². The molecule has 1 aliphatic carbocycles. The van der Waals surface area contributed by atoms with Crippen LogP contribution in [-0.4, -0.2) is 42.0 Å². The maximum atomic E-state index is 13.0. The highest BCUT2D eigenvalue weighted by Crippen LogP contribution is 2.40. The molecule has 1 amide bonds. The van der Waals surface area contributed by atoms with Crippen molar-refractivity contribution in [2.45, 2.75) is 32.1 Å². The Kier molecular flexibility index (Phi) is 5.36. The quantitative estimate of drug-likeness (QED) is 0.721. The van der Waals surface area contributed by atoms with Gasteiger partial charge in [-0.3, -0.25) is 4.79 Å². The number of pyridine rings is 1. The molecule has 1 saturated carbocycles. The third kappa shape index (κ3) is 3.90. The Hall–Kier alpha value is -2.39. The number of aryl methyl sites for hydroxylation is 1. The molecule has 2 aromatic rings. The molecule has 6 heteroatoms. The summed E-state index contributed by atoms with van der Waals surface area (Å²) in [6.07, 6.45) is 4.82. The van der Waals surface area contributed by atoms with Gasteiger partial charge >= 0.3 is 0 Å². The van der Waals surface area contributed by atoms with E-state index in [2.05, 4.69) is 39.9 Å². The van der Waals surface area contributed by atoms with Gasteiger partial charge in [0.25, 0.3) is 5.91 Å². The summed E-state index contributed by atoms with van der Waals surface area (Å²) in [5, 5.41) is 9.07. The topological polar surface area (TPSA) is 60.2 Å². The van der Waals surface area contributed by atoms with Crippen molar-refractivity contribution in [3.05, 3.63) is 57.2 Å². The minimum Gasteiger partial charge on any atom is -0.353 e. The number of piperazine rings is 1. The highest BCUT2D eigenvalue weighted by Gasteiger charge is 2.27. The van der Waals surface area contributed by atoms with E-state index in [9.17, 15) is 4.79 Å². The second-order valence-electron chi connectivity index (χ2n) is 7.60. The van der Waals surface area contributed by atoms with Crippen molar-refractivity contribution in [2.24, 2.45) is 0 Å². The fraction of sp³-hybridized carbons (Fsp3) is 0.409. The lowest BCUT2D eigenvalue weighted by Gasteiger charge is -2.36. The summed E-state index contributed by atoms with van der Waals surface area (Å²) < 4.78 is 0.885. The lowest BCUT2D eigenvalue weighted by Crippen LogP contribution is -2.49. The van der Waals surface area contributed by atoms with E-state index in [1.54, 1.807) is 0 Å². The fourth-order valence-corrected chi connectivity index (χ4v) is 4.26. The highest BCUT2D eigenvalue weighted by atomic mass is 79.9. The Morgan fingerprint density at radius 2 is 2.00 bits per heavy atom. The van der Waals surface area contributed by atoms with Crippen LogP contribution in [0.5, 0.6) is 0 Å². The molecule has 0 radical (unpaired) electrons. The molecule has 4 rings (SSSR count). The number of halogens is 1. The standard InChI is InChI=1S/C22H23BrN4O/c1-15-12-18(16-2-3-16)14-25-21(15)26-8-10-27(11-9-26)22(28)20-5-4-19(23)13-17(20)6-7-24/h4-5,12-14,16H,2-3,6,8-11H2,1H3. The van der Waals surface area contributed by atoms with Crippen LogP contribution in [0.4, 0.5) is 5.82 Å². The molecule has 1 aliphatic heterocycles. The van der Waals surface area contributed by atoms with Gasteiger partial charge in [0.2, 0.25) is 0 Å². The molecule has 0 N–H and O–H groups in total. The molecule has 0 spiro atoms. The van der Waals surface area contributed by atoms with E-state index in [-0.39, 0.29) is 12.3 Å². The average molecular weight is 439 g/mol. The van der Waals surface area contributed by atoms with E-state index in [4.69, 9.17) is 10.2 Å². The van der Waals surface area contributed by atoms with E-state index in [1.807, 2.05) is 29.3 Å². The summed E-state index contributed by atoms with van der Waals surface area (Å²) in [6.45, 7) is 4.99. The summed E-state index contributed by atoms with van der Waals surface area (Å²) >= 11 is 3.42. The number of hydrogen-bond donors (Lipinski definition) is 0. The first kappa shape index (κ1) is 18.9. The third-order valence-corrected chi connectivity index (χ3v) is 6.05. The molecule has 2 heterocycles. The van der Waals surface area contributed by atoms with Crippen LogP contribution in [0, 0.1) is 18.3 Å². The second-order valence-corrected chi connectivity index (χ2v) is 8.51. The van der Waals surface area contributed by atoms with Gasteiger partial charge in [-0.25, -0.2) is 4.98 Å². The van der Waals surface area contributed by atoms with Crippen molar-refractivity contribution in [3.63, 3.8) is 0 Å². The second kappa shape index (κ2) is 7.92. The summed E-state index contributed by atoms with van der Waals surface area (Å²) in [6, 6.07) is 9.96. The number of rotatable bonds is 4. The first-order chi connectivity index (χ1) is 13.6. The van der Waals surface area contributed by atoms with Crippen LogP contribution in [0.25, 0.3) is 0 Å². The number of nitrogens with zero attached hydrogens (tertiary/aromatic N) is 4. The van der Waals surface area contributed by atoms with Gasteiger partial charge in [0, 0.05) is 42.4 Å². The zero-order valence-corrected chi connectivity index (χ0v) is 17.6. The number of carbonyl (C=O) groups excluding carboxylic acids is 1. The summed E-state index contributed by atoms with van der Waals surface area (Å²) in [5.74, 6) is 1.75. The summed E-state index contributed by atoms with van der Waals surface area (Å²) in [7, 11) is 0. The lowest BCUT2D eigenvalue weighted by atomic mass is 10.0. The number of nitriles is 1. The molecule has 1 saturated heterocycles. The Labute approximate surface area is 174 Å². The van der Waals surface area contributed by atoms with Crippen LogP contribution in [0.1, 0.15) is 45.8 Å². The molecule has 1 aromatic heterocycles. The van der Waals surface area contributed by atoms with Crippen LogP contribution in [0.3, 0.4) is 0 Å². The largest absolute Gasteiger partial charge is 0.353 e. The zero-order valence-electron chi connectivity index (χ0n) is 16.0. The van der Waals surface area contributed by atoms with Gasteiger partial charge in [-0.05, 0) is 60.6 Å². The third-order valence-electron chi connectivity index (χ3n) is 5.55. The van der Waals surface area contributed by atoms with Crippen LogP contribution in [-0.2, 0) is 6.42 Å². The molecule has 0 bridgehead atoms. The number of carbonyl (C=O) groups is 1. The van der Waals surface area contributed by atoms with Crippen molar-refractivity contribution in [2.75, 3.05) is 31.1 Å². The van der Waals surface area contributed by atoms with Crippen LogP contribution in [0.2, 0.25) is 0 Å². The molecule has 2 aliphatic rings. The average Bonchev–Trinajstić information content (AvgIpc) is 3.53. The SMILES string of the molecule is Cc1cc(C2CC2)cnc1N1CCN(C(=O)c2ccc(Br)cc2CC#N)CC1. The zero-order chi connectivity index (χ0) is 19.7. The van der Waals surface area contributed by atoms with Gasteiger partial charge in [-0.15, -0.1) is 0 Å². The molecule has 5 nitrogen and oxygen atoms in total. The predicted octanol–water partition coefficient (Wildman–Crippen LogP) is 4.06. The van der Waals surface area contributed by atoms with E-state index in [1.165, 1.54) is 24.0 Å². The van der Waals surface area contributed by atoms with Crippen LogP contribution >= 0.6 is 15.9 Å². The highest BCUT2D eigenvalue weighted by molar-refractivity contribution is 9.10. The van der Waals surface area contributed by atoms with E-state index in [0.29, 0.717) is 24.6 Å². The van der Waals surface area contributed by atoms with E-state index < -0.39 is 0 Å². The molecule has 2 fully saturated rings. The van der Waals surface area contributed by atoms with Crippen molar-refractivity contribution in [1.82, 2.24) is 9.88 Å². The normalized spacial score (nSPS) is 16.8. The molecule has 28 heavy (non-hydrogen) atoms. The maximum Gasteiger partial charge on any atom is 0.254 e. The van der Waals surface area contributed by atoms with Gasteiger partial charge in [0.15, 0.2) is 0 Å². The Morgan fingerprint density at radius 3 is 2.64 bits per heavy atom. The molecule has 0 unspecified atom stereocenters. The number of anilines is 1. The fourth-order valence-electron chi connectivity index (χ4n) is 3.85. The number of benzene rings is 1. The maximum absolute atomic E-state index is 13.0. The number of aromatic nitrogens is 1. The monoisotopic (exact) mass is 438 g/mol. The minimum absolute atomic E-state index is 0.00571. The van der Waals surface area contributed by atoms with Crippen LogP contribution in [0.15, 0.2) is 34.9 Å². The number of hydrogen-bond acceptors (Lipinski definition) is 4. The molecule has 1 aromatic carbocycles. The Bertz CT molecular complexity index is 940. The minimum atomic E-state index is 0.00571. The van der Waals surface area contributed by atoms with Crippen molar-refractivity contribution in [3.8, 4) is 6.07 Å². The predicted molar refractivity (Wildman–Crippen MR) is 113 cm³/mol. The first-order valence-corrected chi connectivity index (χ1v) is 10.5. The lowest BCUT2D eigenvalue weighted by molar-refractivity contribution is 0.0745. The Morgan fingerprint density at radius 1 is 1.25 bits per heavy atom. The van der Waals surface area contributed by atoms with E-state index >= 15 is 0 Å². The van der Waals surface area contributed by atoms with Gasteiger partial charge < -0.3 is 9.80 Å². The van der Waals surface area contributed by atoms with Gasteiger partial charge in [0.1, 0.15) is 5.82 Å². The smallest absolute Gasteiger partial charge is 0.254 e. The molecular formula is C22H23BrN4O. The number of amides is 1. The van der Waals surface area contributed by atoms with E-state index in [0.717, 1.165) is 28.9 Å². The van der Waals surface area contributed by atoms with Crippen molar-refractivity contribution >= 4 is 27.7 Å². The molecule has 0 atom stereocenters. The van der Waals surface area contributed by atoms with Crippen LogP contribution < -0.4 is 4.90 Å². The Balaban J connectivity index is 1.44. The van der Waals surface area contributed by atoms with Gasteiger partial charge in [-0.1, -0.05) is 22.0 Å². The van der Waals surface area contributed by atoms with Gasteiger partial charge in [0.05, 0.1) is 12.5 Å². The molecular weight excluding hydrogens is 416 g/mol. The van der Waals surface area contributed by atoms with Crippen molar-refractivity contribution in [1.29, 1.82) is 5.26 Å². The van der Waals surface area contributed by atoms with Crippen molar-refractivity contribution < 1.29 is 4.79 Å². The summed E-state index contributed by atoms with van der Waals surface area (Å²) in [4.78, 5) is 21.9. The first-order valence-electron chi connectivity index (χ1n) is 9.73. The summed E-state index contributed by atoms with van der Waals surface area (Å²) in [5.41, 5.74) is 3.97.